The van der Waals surface area contributed by atoms with E-state index in [4.69, 9.17) is 4.74 Å². The molecule has 0 spiro atoms. The summed E-state index contributed by atoms with van der Waals surface area (Å²) in [6.45, 7) is 11.8. The molecule has 1 N–H and O–H groups in total. The Labute approximate surface area is 126 Å². The van der Waals surface area contributed by atoms with Crippen LogP contribution in [0.4, 0.5) is 0 Å². The fourth-order valence-electron chi connectivity index (χ4n) is 4.59. The van der Waals surface area contributed by atoms with E-state index in [2.05, 4.69) is 47.0 Å². The summed E-state index contributed by atoms with van der Waals surface area (Å²) in [6.07, 6.45) is 8.24. The zero-order valence-corrected chi connectivity index (χ0v) is 14.5. The van der Waals surface area contributed by atoms with Crippen LogP contribution >= 0.6 is 0 Å². The van der Waals surface area contributed by atoms with Gasteiger partial charge in [-0.1, -0.05) is 27.2 Å². The van der Waals surface area contributed by atoms with Crippen molar-refractivity contribution in [2.45, 2.75) is 90.9 Å². The molecule has 1 aliphatic heterocycles. The van der Waals surface area contributed by atoms with Crippen LogP contribution in [-0.4, -0.2) is 24.8 Å². The van der Waals surface area contributed by atoms with Gasteiger partial charge >= 0.3 is 0 Å². The van der Waals surface area contributed by atoms with Crippen LogP contribution in [0.5, 0.6) is 0 Å². The van der Waals surface area contributed by atoms with Gasteiger partial charge in [-0.05, 0) is 70.3 Å². The molecule has 0 bridgehead atoms. The second-order valence-electron chi connectivity index (χ2n) is 8.65. The lowest BCUT2D eigenvalue weighted by Crippen LogP contribution is -2.46. The van der Waals surface area contributed by atoms with Crippen LogP contribution in [-0.2, 0) is 4.74 Å². The van der Waals surface area contributed by atoms with E-state index in [0.717, 1.165) is 11.8 Å². The first-order valence-corrected chi connectivity index (χ1v) is 8.58. The van der Waals surface area contributed by atoms with Crippen LogP contribution in [0.3, 0.4) is 0 Å². The van der Waals surface area contributed by atoms with Gasteiger partial charge in [0.25, 0.3) is 0 Å². The Morgan fingerprint density at radius 3 is 2.45 bits per heavy atom. The van der Waals surface area contributed by atoms with Crippen molar-refractivity contribution in [1.29, 1.82) is 0 Å². The van der Waals surface area contributed by atoms with Gasteiger partial charge < -0.3 is 10.1 Å². The molecule has 4 unspecified atom stereocenters. The van der Waals surface area contributed by atoms with Crippen LogP contribution in [0, 0.1) is 17.3 Å². The molecule has 2 aliphatic rings. The van der Waals surface area contributed by atoms with Crippen molar-refractivity contribution >= 4 is 0 Å². The molecule has 1 aliphatic carbocycles. The maximum atomic E-state index is 6.25. The third kappa shape index (κ3) is 3.76. The molecule has 118 valence electrons. The normalized spacial score (nSPS) is 38.1. The number of rotatable bonds is 4. The number of hydrogen-bond donors (Lipinski definition) is 1. The third-order valence-corrected chi connectivity index (χ3v) is 5.79. The number of hydrogen-bond acceptors (Lipinski definition) is 2. The largest absolute Gasteiger partial charge is 0.372 e. The van der Waals surface area contributed by atoms with E-state index in [1.807, 2.05) is 0 Å². The first kappa shape index (κ1) is 16.3. The van der Waals surface area contributed by atoms with Gasteiger partial charge in [-0.15, -0.1) is 0 Å². The Hall–Kier alpha value is -0.0800. The molecule has 0 radical (unpaired) electrons. The summed E-state index contributed by atoms with van der Waals surface area (Å²) in [5.74, 6) is 1.66. The molecule has 0 aromatic heterocycles. The maximum Gasteiger partial charge on any atom is 0.0631 e. The van der Waals surface area contributed by atoms with Crippen molar-refractivity contribution in [3.05, 3.63) is 0 Å². The molecular formula is C18H35NO. The highest BCUT2D eigenvalue weighted by Gasteiger charge is 2.42. The molecule has 1 heterocycles. The van der Waals surface area contributed by atoms with Gasteiger partial charge in [-0.2, -0.15) is 0 Å². The van der Waals surface area contributed by atoms with Gasteiger partial charge in [0.2, 0.25) is 0 Å². The van der Waals surface area contributed by atoms with E-state index in [1.54, 1.807) is 0 Å². The topological polar surface area (TPSA) is 21.3 Å². The molecule has 2 heteroatoms. The molecule has 1 saturated heterocycles. The fourth-order valence-corrected chi connectivity index (χ4v) is 4.59. The average molecular weight is 281 g/mol. The SMILES string of the molecule is CNC1CC(C)CCC1C(C)(C)CC1CCC(C)(C)O1. The maximum absolute atomic E-state index is 6.25. The minimum absolute atomic E-state index is 0.101. The van der Waals surface area contributed by atoms with Crippen LogP contribution in [0.25, 0.3) is 0 Å². The molecule has 0 aromatic rings. The molecule has 0 amide bonds. The van der Waals surface area contributed by atoms with Crippen molar-refractivity contribution in [2.75, 3.05) is 7.05 Å². The van der Waals surface area contributed by atoms with Gasteiger partial charge in [-0.3, -0.25) is 0 Å². The standard InChI is InChI=1S/C18H35NO/c1-13-7-8-15(16(11-13)19-6)17(2,3)12-14-9-10-18(4,5)20-14/h13-16,19H,7-12H2,1-6H3. The van der Waals surface area contributed by atoms with E-state index in [9.17, 15) is 0 Å². The van der Waals surface area contributed by atoms with Gasteiger partial charge in [-0.25, -0.2) is 0 Å². The molecule has 2 fully saturated rings. The van der Waals surface area contributed by atoms with E-state index >= 15 is 0 Å². The Kier molecular flexibility index (Phi) is 4.86. The highest BCUT2D eigenvalue weighted by molar-refractivity contribution is 4.94. The average Bonchev–Trinajstić information content (AvgIpc) is 2.67. The van der Waals surface area contributed by atoms with Crippen molar-refractivity contribution < 1.29 is 4.74 Å². The van der Waals surface area contributed by atoms with E-state index in [-0.39, 0.29) is 5.60 Å². The van der Waals surface area contributed by atoms with Crippen molar-refractivity contribution in [3.8, 4) is 0 Å². The van der Waals surface area contributed by atoms with Gasteiger partial charge in [0.1, 0.15) is 0 Å². The summed E-state index contributed by atoms with van der Waals surface area (Å²) >= 11 is 0. The van der Waals surface area contributed by atoms with Gasteiger partial charge in [0.05, 0.1) is 11.7 Å². The minimum atomic E-state index is 0.101. The first-order chi connectivity index (χ1) is 9.23. The second-order valence-corrected chi connectivity index (χ2v) is 8.65. The summed E-state index contributed by atoms with van der Waals surface area (Å²) in [5.41, 5.74) is 0.475. The van der Waals surface area contributed by atoms with Crippen molar-refractivity contribution in [1.82, 2.24) is 5.32 Å². The second kappa shape index (κ2) is 5.96. The Morgan fingerprint density at radius 2 is 1.90 bits per heavy atom. The zero-order chi connectivity index (χ0) is 15.0. The molecule has 1 saturated carbocycles. The predicted molar refractivity (Wildman–Crippen MR) is 85.9 cm³/mol. The number of nitrogens with one attached hydrogen (secondary N) is 1. The van der Waals surface area contributed by atoms with Crippen molar-refractivity contribution in [3.63, 3.8) is 0 Å². The van der Waals surface area contributed by atoms with E-state index in [1.165, 1.54) is 38.5 Å². The van der Waals surface area contributed by atoms with Crippen LogP contribution in [0.15, 0.2) is 0 Å². The smallest absolute Gasteiger partial charge is 0.0631 e. The monoisotopic (exact) mass is 281 g/mol. The summed E-state index contributed by atoms with van der Waals surface area (Å²) in [7, 11) is 2.14. The van der Waals surface area contributed by atoms with Crippen molar-refractivity contribution in [2.24, 2.45) is 17.3 Å². The molecular weight excluding hydrogens is 246 g/mol. The highest BCUT2D eigenvalue weighted by Crippen LogP contribution is 2.45. The molecule has 2 nitrogen and oxygen atoms in total. The van der Waals surface area contributed by atoms with Crippen LogP contribution in [0.1, 0.15) is 73.1 Å². The quantitative estimate of drug-likeness (QED) is 0.825. The summed E-state index contributed by atoms with van der Waals surface area (Å²) in [5, 5.41) is 3.59. The molecule has 2 rings (SSSR count). The Bertz CT molecular complexity index is 323. The summed E-state index contributed by atoms with van der Waals surface area (Å²) in [6, 6.07) is 0.683. The lowest BCUT2D eigenvalue weighted by Gasteiger charge is -2.45. The molecule has 0 aromatic carbocycles. The van der Waals surface area contributed by atoms with E-state index in [0.29, 0.717) is 17.6 Å². The lowest BCUT2D eigenvalue weighted by atomic mass is 9.64. The zero-order valence-electron chi connectivity index (χ0n) is 14.5. The minimum Gasteiger partial charge on any atom is -0.372 e. The summed E-state index contributed by atoms with van der Waals surface area (Å²) in [4.78, 5) is 0. The number of ether oxygens (including phenoxy) is 1. The fraction of sp³-hybridized carbons (Fsp3) is 1.00. The van der Waals surface area contributed by atoms with E-state index < -0.39 is 0 Å². The summed E-state index contributed by atoms with van der Waals surface area (Å²) < 4.78 is 6.25. The van der Waals surface area contributed by atoms with Crippen LogP contribution in [0.2, 0.25) is 0 Å². The molecule has 4 atom stereocenters. The Morgan fingerprint density at radius 1 is 1.20 bits per heavy atom. The lowest BCUT2D eigenvalue weighted by molar-refractivity contribution is -0.0452. The first-order valence-electron chi connectivity index (χ1n) is 8.58. The molecule has 20 heavy (non-hydrogen) atoms. The highest BCUT2D eigenvalue weighted by atomic mass is 16.5. The van der Waals surface area contributed by atoms with Crippen LogP contribution < -0.4 is 5.32 Å². The third-order valence-electron chi connectivity index (χ3n) is 5.79. The van der Waals surface area contributed by atoms with Gasteiger partial charge in [0.15, 0.2) is 0 Å². The Balaban J connectivity index is 1.98. The predicted octanol–water partition coefficient (Wildman–Crippen LogP) is 4.38. The van der Waals surface area contributed by atoms with Gasteiger partial charge in [0, 0.05) is 6.04 Å².